The van der Waals surface area contributed by atoms with E-state index in [1.165, 1.54) is 0 Å². The van der Waals surface area contributed by atoms with E-state index < -0.39 is 29.7 Å². The number of aryl methyl sites for hydroxylation is 2. The molecule has 3 fully saturated rings. The fourth-order valence-electron chi connectivity index (χ4n) is 8.51. The monoisotopic (exact) mass is 645 g/mol. The largest absolute Gasteiger partial charge is 0.494 e. The van der Waals surface area contributed by atoms with E-state index in [1.807, 2.05) is 34.7 Å². The third-order valence-electron chi connectivity index (χ3n) is 11.2. The highest BCUT2D eigenvalue weighted by Crippen LogP contribution is 2.58. The van der Waals surface area contributed by atoms with Crippen LogP contribution in [-0.2, 0) is 18.4 Å². The van der Waals surface area contributed by atoms with Gasteiger partial charge in [0, 0.05) is 49.1 Å². The lowest BCUT2D eigenvalue weighted by atomic mass is 9.94. The van der Waals surface area contributed by atoms with Crippen molar-refractivity contribution in [2.24, 2.45) is 30.5 Å². The highest BCUT2D eigenvalue weighted by atomic mass is 19.3. The summed E-state index contributed by atoms with van der Waals surface area (Å²) in [5.41, 5.74) is 10.6. The van der Waals surface area contributed by atoms with E-state index >= 15 is 0 Å². The van der Waals surface area contributed by atoms with Crippen LogP contribution in [0.5, 0.6) is 5.75 Å². The highest BCUT2D eigenvalue weighted by molar-refractivity contribution is 6.00. The van der Waals surface area contributed by atoms with Crippen LogP contribution < -0.4 is 15.8 Å². The molecule has 4 aromatic rings. The number of aromatic nitrogens is 4. The first-order valence-electron chi connectivity index (χ1n) is 16.9. The summed E-state index contributed by atoms with van der Waals surface area (Å²) in [5.74, 6) is -4.02. The minimum absolute atomic E-state index is 0.00511. The van der Waals surface area contributed by atoms with Crippen molar-refractivity contribution in [3.05, 3.63) is 41.6 Å². The van der Waals surface area contributed by atoms with Crippen LogP contribution in [0.2, 0.25) is 0 Å². The van der Waals surface area contributed by atoms with Gasteiger partial charge in [-0.2, -0.15) is 0 Å². The van der Waals surface area contributed by atoms with Crippen LogP contribution in [0.25, 0.3) is 33.6 Å². The summed E-state index contributed by atoms with van der Waals surface area (Å²) in [4.78, 5) is 38.6. The smallest absolute Gasteiger partial charge is 0.263 e. The summed E-state index contributed by atoms with van der Waals surface area (Å²) in [6.07, 6.45) is 5.47. The third kappa shape index (κ3) is 4.81. The molecule has 0 spiro atoms. The summed E-state index contributed by atoms with van der Waals surface area (Å²) >= 11 is 0. The number of benzene rings is 1. The van der Waals surface area contributed by atoms with Crippen molar-refractivity contribution in [3.63, 3.8) is 0 Å². The van der Waals surface area contributed by atoms with Gasteiger partial charge in [0.25, 0.3) is 11.8 Å². The van der Waals surface area contributed by atoms with Gasteiger partial charge in [-0.25, -0.2) is 18.7 Å². The number of likely N-dealkylation sites (tertiary alicyclic amines) is 1. The molecule has 12 heteroatoms. The molecular weight excluding hydrogens is 604 g/mol. The zero-order chi connectivity index (χ0) is 32.8. The maximum atomic E-state index is 14.5. The molecule has 4 bridgehead atoms. The van der Waals surface area contributed by atoms with E-state index in [0.717, 1.165) is 54.3 Å². The summed E-state index contributed by atoms with van der Waals surface area (Å²) in [6.45, 7) is 2.96. The molecule has 2 unspecified atom stereocenters. The standard InChI is InChI=1S/C35H41F2N7O3/c1-18-25-11-9-20-15-27(43(31(20)40-25)12-6-4-5-7-23-29(33(45)39-18)35(23,36)37)32-41-26-14-21(16-28(47-3)30(26)42(32)2)34(46)44-17-24(38)19-8-10-22(44)13-19/h9,11,14-16,18-19,22-24,29H,4-8,10,12-13,17,38H2,1-3H3,(H,39,45)/t18?,19-,22+,23?,24+,29-/m1/s1. The maximum absolute atomic E-state index is 14.5. The molecule has 2 amide bonds. The highest BCUT2D eigenvalue weighted by Gasteiger charge is 2.71. The fourth-order valence-corrected chi connectivity index (χ4v) is 8.51. The first-order valence-corrected chi connectivity index (χ1v) is 16.9. The lowest BCUT2D eigenvalue weighted by molar-refractivity contribution is -0.125. The third-order valence-corrected chi connectivity index (χ3v) is 11.2. The minimum atomic E-state index is -2.95. The van der Waals surface area contributed by atoms with Crippen molar-refractivity contribution in [3.8, 4) is 17.3 Å². The Hall–Kier alpha value is -4.06. The molecule has 1 saturated heterocycles. The molecule has 5 heterocycles. The number of rotatable bonds is 3. The molecule has 4 aliphatic rings. The molecule has 3 N–H and O–H groups in total. The quantitative estimate of drug-likeness (QED) is 0.317. The van der Waals surface area contributed by atoms with E-state index in [9.17, 15) is 18.4 Å². The average Bonchev–Trinajstić information content (AvgIpc) is 3.45. The Bertz CT molecular complexity index is 1920. The number of hydrogen-bond donors (Lipinski definition) is 2. The first kappa shape index (κ1) is 30.3. The molecule has 8 rings (SSSR count). The van der Waals surface area contributed by atoms with Crippen LogP contribution in [0, 0.1) is 17.8 Å². The lowest BCUT2D eigenvalue weighted by Gasteiger charge is -2.37. The van der Waals surface area contributed by atoms with Gasteiger partial charge in [-0.1, -0.05) is 12.8 Å². The number of piperidine rings is 1. The van der Waals surface area contributed by atoms with Crippen molar-refractivity contribution >= 4 is 33.9 Å². The van der Waals surface area contributed by atoms with Crippen molar-refractivity contribution in [2.75, 3.05) is 13.7 Å². The molecule has 1 aromatic carbocycles. The summed E-state index contributed by atoms with van der Waals surface area (Å²) in [5, 5.41) is 3.70. The Labute approximate surface area is 271 Å². The zero-order valence-corrected chi connectivity index (χ0v) is 27.0. The molecule has 0 radical (unpaired) electrons. The van der Waals surface area contributed by atoms with E-state index in [2.05, 4.69) is 16.0 Å². The van der Waals surface area contributed by atoms with E-state index in [0.29, 0.717) is 60.2 Å². The predicted octanol–water partition coefficient (Wildman–Crippen LogP) is 5.18. The number of alkyl halides is 2. The van der Waals surface area contributed by atoms with Crippen LogP contribution in [0.15, 0.2) is 30.3 Å². The summed E-state index contributed by atoms with van der Waals surface area (Å²) in [7, 11) is 3.54. The maximum Gasteiger partial charge on any atom is 0.263 e. The lowest BCUT2D eigenvalue weighted by Crippen LogP contribution is -2.51. The van der Waals surface area contributed by atoms with Crippen molar-refractivity contribution in [2.45, 2.75) is 82.5 Å². The number of nitrogens with zero attached hydrogens (tertiary/aromatic N) is 5. The molecule has 47 heavy (non-hydrogen) atoms. The number of imidazole rings is 1. The van der Waals surface area contributed by atoms with Gasteiger partial charge < -0.3 is 29.8 Å². The van der Waals surface area contributed by atoms with Crippen LogP contribution in [0.4, 0.5) is 8.78 Å². The molecule has 248 valence electrons. The summed E-state index contributed by atoms with van der Waals surface area (Å²) in [6, 6.07) is 9.20. The molecule has 2 aliphatic carbocycles. The van der Waals surface area contributed by atoms with Crippen LogP contribution in [0.1, 0.15) is 74.0 Å². The number of nitrogens with one attached hydrogen (secondary N) is 1. The van der Waals surface area contributed by atoms with Gasteiger partial charge in [0.2, 0.25) is 5.91 Å². The number of pyridine rings is 1. The van der Waals surface area contributed by atoms with Crippen molar-refractivity contribution in [1.82, 2.24) is 29.3 Å². The second kappa shape index (κ2) is 11.0. The van der Waals surface area contributed by atoms with Crippen LogP contribution in [0.3, 0.4) is 0 Å². The summed E-state index contributed by atoms with van der Waals surface area (Å²) < 4.78 is 39.0. The Morgan fingerprint density at radius 2 is 1.94 bits per heavy atom. The molecule has 2 saturated carbocycles. The van der Waals surface area contributed by atoms with Gasteiger partial charge in [-0.3, -0.25) is 9.59 Å². The van der Waals surface area contributed by atoms with Gasteiger partial charge in [-0.15, -0.1) is 0 Å². The number of fused-ring (bicyclic) bond motifs is 5. The number of methoxy groups -OCH3 is 1. The molecule has 3 aromatic heterocycles. The van der Waals surface area contributed by atoms with Crippen LogP contribution >= 0.6 is 0 Å². The molecule has 6 atom stereocenters. The Balaban J connectivity index is 1.18. The number of hydrogen-bond acceptors (Lipinski definition) is 6. The number of halogens is 2. The van der Waals surface area contributed by atoms with Gasteiger partial charge in [0.1, 0.15) is 22.8 Å². The average molecular weight is 646 g/mol. The molecular formula is C35H41F2N7O3. The van der Waals surface area contributed by atoms with Gasteiger partial charge >= 0.3 is 0 Å². The SMILES string of the molecule is COc1cc(C(=O)N2C[C@H](N)[C@@H]3CC[C@H]2C3)cc2nc(-c3cc4ccc5nc4n3CCCCCC3[C@H](C(=O)NC5C)C3(F)F)n(C)c12. The fraction of sp³-hybridized carbons (Fsp3) is 0.543. The van der Waals surface area contributed by atoms with Crippen molar-refractivity contribution < 1.29 is 23.1 Å². The normalized spacial score (nSPS) is 28.7. The second-order valence-corrected chi connectivity index (χ2v) is 14.1. The van der Waals surface area contributed by atoms with Gasteiger partial charge in [0.05, 0.1) is 30.1 Å². The topological polar surface area (TPSA) is 120 Å². The van der Waals surface area contributed by atoms with Gasteiger partial charge in [0.15, 0.2) is 5.82 Å². The van der Waals surface area contributed by atoms with Crippen LogP contribution in [-0.4, -0.2) is 67.5 Å². The molecule has 10 nitrogen and oxygen atoms in total. The number of ether oxygens (including phenoxy) is 1. The Morgan fingerprint density at radius 3 is 2.74 bits per heavy atom. The van der Waals surface area contributed by atoms with E-state index in [1.54, 1.807) is 20.1 Å². The van der Waals surface area contributed by atoms with Gasteiger partial charge in [-0.05, 0) is 75.3 Å². The molecule has 2 aliphatic heterocycles. The zero-order valence-electron chi connectivity index (χ0n) is 27.0. The predicted molar refractivity (Wildman–Crippen MR) is 173 cm³/mol. The number of carbonyl (C=O) groups is 2. The van der Waals surface area contributed by atoms with Crippen molar-refractivity contribution in [1.29, 1.82) is 0 Å². The Morgan fingerprint density at radius 1 is 1.11 bits per heavy atom. The second-order valence-electron chi connectivity index (χ2n) is 14.1. The minimum Gasteiger partial charge on any atom is -0.494 e. The van der Waals surface area contributed by atoms with E-state index in [-0.39, 0.29) is 18.0 Å². The Kier molecular flexibility index (Phi) is 7.09. The van der Waals surface area contributed by atoms with E-state index in [4.69, 9.17) is 20.4 Å². The number of carbonyl (C=O) groups excluding carboxylic acids is 2. The first-order chi connectivity index (χ1) is 22.6. The number of amides is 2. The number of nitrogens with two attached hydrogens (primary N) is 1.